The molecule has 0 atom stereocenters. The Hall–Kier alpha value is -1.27. The van der Waals surface area contributed by atoms with E-state index in [1.807, 2.05) is 4.90 Å². The maximum atomic E-state index is 12.6. The van der Waals surface area contributed by atoms with Crippen molar-refractivity contribution in [1.29, 1.82) is 0 Å². The molecular weight excluding hydrogens is 245 g/mol. The topological polar surface area (TPSA) is 38.5 Å². The first-order valence-electron chi connectivity index (χ1n) is 5.50. The summed E-state index contributed by atoms with van der Waals surface area (Å²) in [6.45, 7) is 1.16. The molecule has 1 aromatic rings. The van der Waals surface area contributed by atoms with Gasteiger partial charge < -0.3 is 15.4 Å². The van der Waals surface area contributed by atoms with Crippen LogP contribution in [0, 0.1) is 0 Å². The number of methoxy groups -OCH3 is 1. The van der Waals surface area contributed by atoms with E-state index in [2.05, 4.69) is 0 Å². The SMILES string of the molecule is COCCN(C)c1ccc(C(F)(F)F)cc1CN. The lowest BCUT2D eigenvalue weighted by Crippen LogP contribution is -2.24. The van der Waals surface area contributed by atoms with Gasteiger partial charge in [0.15, 0.2) is 0 Å². The Morgan fingerprint density at radius 3 is 2.50 bits per heavy atom. The van der Waals surface area contributed by atoms with Gasteiger partial charge in [-0.05, 0) is 23.8 Å². The number of nitrogens with zero attached hydrogens (tertiary/aromatic N) is 1. The molecule has 3 nitrogen and oxygen atoms in total. The highest BCUT2D eigenvalue weighted by Gasteiger charge is 2.31. The van der Waals surface area contributed by atoms with Crippen LogP contribution in [-0.2, 0) is 17.5 Å². The summed E-state index contributed by atoms with van der Waals surface area (Å²) in [5, 5.41) is 0. The van der Waals surface area contributed by atoms with Crippen LogP contribution in [0.25, 0.3) is 0 Å². The van der Waals surface area contributed by atoms with Crippen LogP contribution in [0.1, 0.15) is 11.1 Å². The minimum absolute atomic E-state index is 0.0660. The number of benzene rings is 1. The van der Waals surface area contributed by atoms with Gasteiger partial charge in [-0.2, -0.15) is 13.2 Å². The van der Waals surface area contributed by atoms with Gasteiger partial charge in [-0.3, -0.25) is 0 Å². The molecule has 102 valence electrons. The number of hydrogen-bond donors (Lipinski definition) is 1. The molecule has 0 saturated heterocycles. The second-order valence-electron chi connectivity index (χ2n) is 3.96. The van der Waals surface area contributed by atoms with Crippen LogP contribution < -0.4 is 10.6 Å². The van der Waals surface area contributed by atoms with Crippen molar-refractivity contribution in [2.24, 2.45) is 5.73 Å². The van der Waals surface area contributed by atoms with Gasteiger partial charge in [0.05, 0.1) is 12.2 Å². The van der Waals surface area contributed by atoms with E-state index in [1.165, 1.54) is 6.07 Å². The zero-order chi connectivity index (χ0) is 13.8. The first-order chi connectivity index (χ1) is 8.40. The standard InChI is InChI=1S/C12H17F3N2O/c1-17(5-6-18-2)11-4-3-10(12(13,14)15)7-9(11)8-16/h3-4,7H,5-6,8,16H2,1-2H3. The molecule has 0 radical (unpaired) electrons. The molecule has 0 spiro atoms. The van der Waals surface area contributed by atoms with E-state index in [9.17, 15) is 13.2 Å². The lowest BCUT2D eigenvalue weighted by atomic mass is 10.1. The number of hydrogen-bond acceptors (Lipinski definition) is 3. The Morgan fingerprint density at radius 2 is 2.00 bits per heavy atom. The highest BCUT2D eigenvalue weighted by molar-refractivity contribution is 5.55. The summed E-state index contributed by atoms with van der Waals surface area (Å²) in [6, 6.07) is 3.61. The Balaban J connectivity index is 3.00. The van der Waals surface area contributed by atoms with Crippen molar-refractivity contribution in [2.45, 2.75) is 12.7 Å². The van der Waals surface area contributed by atoms with Gasteiger partial charge in [-0.1, -0.05) is 0 Å². The average molecular weight is 262 g/mol. The molecular formula is C12H17F3N2O. The summed E-state index contributed by atoms with van der Waals surface area (Å²) in [5.74, 6) is 0. The molecule has 0 fully saturated rings. The quantitative estimate of drug-likeness (QED) is 0.884. The molecule has 18 heavy (non-hydrogen) atoms. The van der Waals surface area contributed by atoms with Gasteiger partial charge in [0.2, 0.25) is 0 Å². The van der Waals surface area contributed by atoms with Crippen LogP contribution in [0.15, 0.2) is 18.2 Å². The minimum Gasteiger partial charge on any atom is -0.383 e. The fraction of sp³-hybridized carbons (Fsp3) is 0.500. The predicted octanol–water partition coefficient (Wildman–Crippen LogP) is 2.25. The summed E-state index contributed by atoms with van der Waals surface area (Å²) in [7, 11) is 3.37. The molecule has 0 aliphatic rings. The van der Waals surface area contributed by atoms with Crippen LogP contribution in [0.2, 0.25) is 0 Å². The van der Waals surface area contributed by atoms with Crippen LogP contribution in [0.3, 0.4) is 0 Å². The Morgan fingerprint density at radius 1 is 1.33 bits per heavy atom. The molecule has 0 aliphatic heterocycles. The highest BCUT2D eigenvalue weighted by Crippen LogP contribution is 2.32. The van der Waals surface area contributed by atoms with Crippen LogP contribution >= 0.6 is 0 Å². The molecule has 1 aromatic carbocycles. The van der Waals surface area contributed by atoms with Crippen LogP contribution in [0.4, 0.5) is 18.9 Å². The third-order valence-electron chi connectivity index (χ3n) is 2.67. The number of likely N-dealkylation sites (N-methyl/N-ethyl adjacent to an activating group) is 1. The van der Waals surface area contributed by atoms with E-state index in [-0.39, 0.29) is 6.54 Å². The highest BCUT2D eigenvalue weighted by atomic mass is 19.4. The third-order valence-corrected chi connectivity index (χ3v) is 2.67. The zero-order valence-corrected chi connectivity index (χ0v) is 10.4. The molecule has 2 N–H and O–H groups in total. The van der Waals surface area contributed by atoms with Crippen LogP contribution in [-0.4, -0.2) is 27.3 Å². The van der Waals surface area contributed by atoms with E-state index in [4.69, 9.17) is 10.5 Å². The van der Waals surface area contributed by atoms with E-state index < -0.39 is 11.7 Å². The number of halogens is 3. The van der Waals surface area contributed by atoms with E-state index >= 15 is 0 Å². The maximum Gasteiger partial charge on any atom is 0.416 e. The average Bonchev–Trinajstić information content (AvgIpc) is 2.34. The van der Waals surface area contributed by atoms with Gasteiger partial charge in [0, 0.05) is 32.9 Å². The summed E-state index contributed by atoms with van der Waals surface area (Å²) in [6.07, 6.45) is -4.34. The van der Waals surface area contributed by atoms with Crippen LogP contribution in [0.5, 0.6) is 0 Å². The van der Waals surface area contributed by atoms with Crippen molar-refractivity contribution in [3.8, 4) is 0 Å². The van der Waals surface area contributed by atoms with E-state index in [1.54, 1.807) is 14.2 Å². The Bertz CT molecular complexity index is 393. The molecule has 0 aromatic heterocycles. The third kappa shape index (κ3) is 3.61. The molecule has 1 rings (SSSR count). The number of anilines is 1. The van der Waals surface area contributed by atoms with Crippen molar-refractivity contribution < 1.29 is 17.9 Å². The minimum atomic E-state index is -4.34. The fourth-order valence-corrected chi connectivity index (χ4v) is 1.65. The number of alkyl halides is 3. The number of rotatable bonds is 5. The molecule has 0 unspecified atom stereocenters. The van der Waals surface area contributed by atoms with Crippen molar-refractivity contribution in [1.82, 2.24) is 0 Å². The van der Waals surface area contributed by atoms with Crippen molar-refractivity contribution in [2.75, 3.05) is 32.2 Å². The number of ether oxygens (including phenoxy) is 1. The lowest BCUT2D eigenvalue weighted by molar-refractivity contribution is -0.137. The van der Waals surface area contributed by atoms with Gasteiger partial charge in [-0.15, -0.1) is 0 Å². The molecule has 0 bridgehead atoms. The summed E-state index contributed by atoms with van der Waals surface area (Å²) < 4.78 is 42.6. The largest absolute Gasteiger partial charge is 0.416 e. The monoisotopic (exact) mass is 262 g/mol. The predicted molar refractivity (Wildman–Crippen MR) is 64.5 cm³/mol. The van der Waals surface area contributed by atoms with E-state index in [0.29, 0.717) is 24.4 Å². The van der Waals surface area contributed by atoms with Gasteiger partial charge in [0.25, 0.3) is 0 Å². The first kappa shape index (κ1) is 14.8. The van der Waals surface area contributed by atoms with Gasteiger partial charge in [-0.25, -0.2) is 0 Å². The maximum absolute atomic E-state index is 12.6. The smallest absolute Gasteiger partial charge is 0.383 e. The molecule has 0 aliphatic carbocycles. The van der Waals surface area contributed by atoms with Crippen molar-refractivity contribution in [3.05, 3.63) is 29.3 Å². The lowest BCUT2D eigenvalue weighted by Gasteiger charge is -2.22. The molecule has 0 saturated carbocycles. The van der Waals surface area contributed by atoms with E-state index in [0.717, 1.165) is 12.1 Å². The first-order valence-corrected chi connectivity index (χ1v) is 5.50. The summed E-state index contributed by atoms with van der Waals surface area (Å²) >= 11 is 0. The second-order valence-corrected chi connectivity index (χ2v) is 3.96. The number of nitrogens with two attached hydrogens (primary N) is 1. The Labute approximate surface area is 104 Å². The zero-order valence-electron chi connectivity index (χ0n) is 10.4. The molecule has 0 heterocycles. The Kier molecular flexibility index (Phi) is 4.98. The summed E-state index contributed by atoms with van der Waals surface area (Å²) in [5.41, 5.74) is 6.00. The van der Waals surface area contributed by atoms with Crippen molar-refractivity contribution in [3.63, 3.8) is 0 Å². The van der Waals surface area contributed by atoms with Crippen molar-refractivity contribution >= 4 is 5.69 Å². The second kappa shape index (κ2) is 6.06. The van der Waals surface area contributed by atoms with Gasteiger partial charge >= 0.3 is 6.18 Å². The van der Waals surface area contributed by atoms with Gasteiger partial charge in [0.1, 0.15) is 0 Å². The molecule has 6 heteroatoms. The summed E-state index contributed by atoms with van der Waals surface area (Å²) in [4.78, 5) is 1.83. The fourth-order valence-electron chi connectivity index (χ4n) is 1.65. The normalized spacial score (nSPS) is 11.7. The molecule has 0 amide bonds.